The van der Waals surface area contributed by atoms with E-state index in [2.05, 4.69) is 47.3 Å². The van der Waals surface area contributed by atoms with Crippen molar-refractivity contribution >= 4 is 23.0 Å². The lowest BCUT2D eigenvalue weighted by atomic mass is 9.89. The summed E-state index contributed by atoms with van der Waals surface area (Å²) in [7, 11) is 1.60. The van der Waals surface area contributed by atoms with Crippen molar-refractivity contribution in [2.75, 3.05) is 17.3 Å². The van der Waals surface area contributed by atoms with Gasteiger partial charge in [0.1, 0.15) is 17.3 Å². The summed E-state index contributed by atoms with van der Waals surface area (Å²) < 4.78 is 25.7. The molecule has 0 unspecified atom stereocenters. The Morgan fingerprint density at radius 2 is 1.79 bits per heavy atom. The third-order valence-electron chi connectivity index (χ3n) is 7.18. The van der Waals surface area contributed by atoms with Crippen LogP contribution >= 0.6 is 0 Å². The van der Waals surface area contributed by atoms with Gasteiger partial charge in [0.2, 0.25) is 0 Å². The smallest absolute Gasteiger partial charge is 0.343 e. The van der Waals surface area contributed by atoms with E-state index in [1.807, 2.05) is 19.1 Å². The molecule has 1 aromatic heterocycles. The van der Waals surface area contributed by atoms with Crippen LogP contribution in [0.3, 0.4) is 0 Å². The van der Waals surface area contributed by atoms with Crippen LogP contribution < -0.4 is 19.7 Å². The van der Waals surface area contributed by atoms with Crippen molar-refractivity contribution < 1.29 is 18.7 Å². The van der Waals surface area contributed by atoms with Crippen molar-refractivity contribution in [1.82, 2.24) is 4.98 Å². The van der Waals surface area contributed by atoms with Crippen molar-refractivity contribution in [2.24, 2.45) is 0 Å². The Labute approximate surface area is 226 Å². The maximum Gasteiger partial charge on any atom is 0.343 e. The molecule has 7 heteroatoms. The van der Waals surface area contributed by atoms with Gasteiger partial charge in [-0.3, -0.25) is 4.98 Å². The molecule has 3 heterocycles. The van der Waals surface area contributed by atoms with Crippen LogP contribution in [0, 0.1) is 12.7 Å². The number of aromatic nitrogens is 1. The molecule has 0 aliphatic carbocycles. The molecule has 0 fully saturated rings. The number of rotatable bonds is 5. The number of esters is 1. The Bertz CT molecular complexity index is 1650. The molecular weight excluding hydrogens is 493 g/mol. The summed E-state index contributed by atoms with van der Waals surface area (Å²) in [6.45, 7) is 6.83. The van der Waals surface area contributed by atoms with E-state index in [0.717, 1.165) is 44.9 Å². The van der Waals surface area contributed by atoms with Gasteiger partial charge in [0.15, 0.2) is 0 Å². The fourth-order valence-corrected chi connectivity index (χ4v) is 5.41. The molecule has 0 amide bonds. The molecule has 6 rings (SSSR count). The predicted molar refractivity (Wildman–Crippen MR) is 151 cm³/mol. The summed E-state index contributed by atoms with van der Waals surface area (Å²) in [4.78, 5) is 18.7. The van der Waals surface area contributed by atoms with Gasteiger partial charge in [-0.25, -0.2) is 9.18 Å². The summed E-state index contributed by atoms with van der Waals surface area (Å²) in [5.41, 5.74) is 8.18. The quantitative estimate of drug-likeness (QED) is 0.226. The van der Waals surface area contributed by atoms with E-state index in [0.29, 0.717) is 23.6 Å². The van der Waals surface area contributed by atoms with Crippen molar-refractivity contribution in [3.05, 3.63) is 107 Å². The summed E-state index contributed by atoms with van der Waals surface area (Å²) >= 11 is 0. The number of nitrogens with one attached hydrogen (secondary N) is 1. The van der Waals surface area contributed by atoms with E-state index in [9.17, 15) is 9.18 Å². The second-order valence-electron chi connectivity index (χ2n) is 10.4. The van der Waals surface area contributed by atoms with Gasteiger partial charge in [-0.05, 0) is 86.0 Å². The number of methoxy groups -OCH3 is 1. The summed E-state index contributed by atoms with van der Waals surface area (Å²) in [5, 5.41) is 3.63. The van der Waals surface area contributed by atoms with Gasteiger partial charge in [0.25, 0.3) is 0 Å². The molecule has 3 aromatic carbocycles. The van der Waals surface area contributed by atoms with Gasteiger partial charge < -0.3 is 19.7 Å². The Morgan fingerprint density at radius 1 is 1.03 bits per heavy atom. The van der Waals surface area contributed by atoms with Crippen LogP contribution in [0.25, 0.3) is 16.8 Å². The zero-order valence-electron chi connectivity index (χ0n) is 22.2. The summed E-state index contributed by atoms with van der Waals surface area (Å²) in [6, 6.07) is 17.7. The first kappa shape index (κ1) is 24.7. The number of aryl methyl sites for hydroxylation is 1. The van der Waals surface area contributed by atoms with Gasteiger partial charge in [-0.2, -0.15) is 0 Å². The van der Waals surface area contributed by atoms with Gasteiger partial charge in [-0.1, -0.05) is 12.1 Å². The zero-order valence-corrected chi connectivity index (χ0v) is 22.2. The molecule has 0 saturated carbocycles. The number of hydrogen-bond donors (Lipinski definition) is 1. The second-order valence-corrected chi connectivity index (χ2v) is 10.4. The molecule has 39 heavy (non-hydrogen) atoms. The molecular formula is C32H28FN3O3. The largest absolute Gasteiger partial charge is 0.496 e. The normalized spacial score (nSPS) is 14.8. The molecule has 196 valence electrons. The predicted octanol–water partition coefficient (Wildman–Crippen LogP) is 6.99. The number of hydrogen-bond acceptors (Lipinski definition) is 6. The minimum absolute atomic E-state index is 0.264. The molecule has 0 atom stereocenters. The molecule has 6 nitrogen and oxygen atoms in total. The van der Waals surface area contributed by atoms with Crippen LogP contribution in [0.4, 0.5) is 15.8 Å². The topological polar surface area (TPSA) is 63.7 Å². The highest BCUT2D eigenvalue weighted by Crippen LogP contribution is 2.50. The number of carbonyl (C=O) groups excluding carboxylic acids is 1. The van der Waals surface area contributed by atoms with Crippen LogP contribution in [0.5, 0.6) is 11.5 Å². The first-order chi connectivity index (χ1) is 18.7. The highest BCUT2D eigenvalue weighted by Gasteiger charge is 2.37. The van der Waals surface area contributed by atoms with Crippen molar-refractivity contribution in [2.45, 2.75) is 32.9 Å². The van der Waals surface area contributed by atoms with Crippen LogP contribution in [-0.4, -0.2) is 23.6 Å². The molecule has 0 spiro atoms. The van der Waals surface area contributed by atoms with Crippen molar-refractivity contribution in [1.29, 1.82) is 0 Å². The third-order valence-corrected chi connectivity index (χ3v) is 7.18. The maximum absolute atomic E-state index is 14.4. The number of carbonyl (C=O) groups is 1. The Balaban J connectivity index is 1.43. The summed E-state index contributed by atoms with van der Waals surface area (Å²) in [5.74, 6) is 0.234. The molecule has 4 aromatic rings. The lowest BCUT2D eigenvalue weighted by Gasteiger charge is -2.33. The van der Waals surface area contributed by atoms with Gasteiger partial charge in [-0.15, -0.1) is 0 Å². The van der Waals surface area contributed by atoms with Gasteiger partial charge in [0, 0.05) is 53.2 Å². The Hall–Kier alpha value is -4.65. The van der Waals surface area contributed by atoms with E-state index < -0.39 is 5.97 Å². The fourth-order valence-electron chi connectivity index (χ4n) is 5.41. The molecule has 0 saturated heterocycles. The van der Waals surface area contributed by atoms with Crippen LogP contribution in [0.15, 0.2) is 79.1 Å². The number of benzene rings is 3. The van der Waals surface area contributed by atoms with E-state index in [1.54, 1.807) is 49.8 Å². The highest BCUT2D eigenvalue weighted by atomic mass is 19.1. The van der Waals surface area contributed by atoms with E-state index in [4.69, 9.17) is 9.47 Å². The number of nitrogens with zero attached hydrogens (tertiary/aromatic N) is 2. The lowest BCUT2D eigenvalue weighted by molar-refractivity contribution is 0.0734. The Kier molecular flexibility index (Phi) is 5.87. The minimum atomic E-state index is -0.468. The maximum atomic E-state index is 14.4. The summed E-state index contributed by atoms with van der Waals surface area (Å²) in [6.07, 6.45) is 5.30. The van der Waals surface area contributed by atoms with E-state index in [1.165, 1.54) is 6.07 Å². The number of ether oxygens (including phenoxy) is 2. The number of anilines is 2. The standard InChI is InChI=1S/C32H28FN3O3/c1-19-5-6-21(33)15-27(19)36-18-25-23(9-10-26-30(25)28(36)17-32(2,3)35-26)24-8-7-22(16-29(24)38-4)39-31(37)20-11-13-34-14-12-20/h5-17,35H,18H2,1-4H3. The SMILES string of the molecule is COc1cc(OC(=O)c2ccncc2)ccc1-c1ccc2c3c1CN(c1cc(F)ccc1C)C3=CC(C)(C)N2. The second kappa shape index (κ2) is 9.27. The highest BCUT2D eigenvalue weighted by molar-refractivity contribution is 5.98. The fraction of sp³-hybridized carbons (Fsp3) is 0.188. The van der Waals surface area contributed by atoms with Gasteiger partial charge in [0.05, 0.1) is 18.2 Å². The van der Waals surface area contributed by atoms with Crippen molar-refractivity contribution in [3.63, 3.8) is 0 Å². The molecule has 2 aliphatic heterocycles. The van der Waals surface area contributed by atoms with Crippen LogP contribution in [-0.2, 0) is 6.54 Å². The third kappa shape index (κ3) is 4.40. The van der Waals surface area contributed by atoms with Crippen molar-refractivity contribution in [3.8, 4) is 22.6 Å². The molecule has 2 aliphatic rings. The first-order valence-corrected chi connectivity index (χ1v) is 12.8. The van der Waals surface area contributed by atoms with Gasteiger partial charge >= 0.3 is 5.97 Å². The first-order valence-electron chi connectivity index (χ1n) is 12.8. The lowest BCUT2D eigenvalue weighted by Crippen LogP contribution is -2.33. The van der Waals surface area contributed by atoms with Crippen LogP contribution in [0.1, 0.15) is 40.9 Å². The molecule has 1 N–H and O–H groups in total. The zero-order chi connectivity index (χ0) is 27.3. The minimum Gasteiger partial charge on any atom is -0.496 e. The van der Waals surface area contributed by atoms with E-state index in [-0.39, 0.29) is 11.4 Å². The molecule has 0 radical (unpaired) electrons. The van der Waals surface area contributed by atoms with Crippen LogP contribution in [0.2, 0.25) is 0 Å². The number of pyridine rings is 1. The van der Waals surface area contributed by atoms with E-state index >= 15 is 0 Å². The average Bonchev–Trinajstić information content (AvgIpc) is 3.29. The average molecular weight is 522 g/mol. The monoisotopic (exact) mass is 521 g/mol. The Morgan fingerprint density at radius 3 is 2.56 bits per heavy atom. The number of halogens is 1. The molecule has 0 bridgehead atoms.